The summed E-state index contributed by atoms with van der Waals surface area (Å²) in [5.41, 5.74) is 2.10. The van der Waals surface area contributed by atoms with Crippen LogP contribution in [0.25, 0.3) is 10.8 Å². The lowest BCUT2D eigenvalue weighted by atomic mass is 9.83. The van der Waals surface area contributed by atoms with Crippen LogP contribution in [0.5, 0.6) is 5.75 Å². The van der Waals surface area contributed by atoms with Gasteiger partial charge in [0.15, 0.2) is 0 Å². The van der Waals surface area contributed by atoms with Gasteiger partial charge >= 0.3 is 0 Å². The van der Waals surface area contributed by atoms with Crippen molar-refractivity contribution in [3.05, 3.63) is 77.9 Å². The Hall–Kier alpha value is -2.81. The van der Waals surface area contributed by atoms with Crippen molar-refractivity contribution in [2.45, 2.75) is 57.6 Å². The molecule has 0 aromatic heterocycles. The third kappa shape index (κ3) is 4.00. The van der Waals surface area contributed by atoms with E-state index in [1.54, 1.807) is 0 Å². The smallest absolute Gasteiger partial charge is 0.220 e. The molecule has 4 rings (SSSR count). The summed E-state index contributed by atoms with van der Waals surface area (Å²) in [6.07, 6.45) is 3.90. The summed E-state index contributed by atoms with van der Waals surface area (Å²) in [6, 6.07) is 22.8. The molecule has 3 nitrogen and oxygen atoms in total. The fourth-order valence-electron chi connectivity index (χ4n) is 4.46. The van der Waals surface area contributed by atoms with Crippen LogP contribution in [0.4, 0.5) is 0 Å². The molecule has 0 saturated carbocycles. The maximum absolute atomic E-state index is 12.9. The molecule has 1 heterocycles. The van der Waals surface area contributed by atoms with Crippen LogP contribution in [0.3, 0.4) is 0 Å². The minimum Gasteiger partial charge on any atom is -0.487 e. The lowest BCUT2D eigenvalue weighted by Gasteiger charge is -2.41. The highest BCUT2D eigenvalue weighted by Crippen LogP contribution is 2.42. The number of ether oxygens (including phenoxy) is 1. The molecule has 0 radical (unpaired) electrons. The second-order valence-electron chi connectivity index (χ2n) is 7.99. The highest BCUT2D eigenvalue weighted by Gasteiger charge is 2.38. The number of para-hydroxylation sites is 1. The van der Waals surface area contributed by atoms with Crippen molar-refractivity contribution in [1.82, 2.24) is 5.32 Å². The predicted octanol–water partition coefficient (Wildman–Crippen LogP) is 5.97. The quantitative estimate of drug-likeness (QED) is 0.566. The predicted molar refractivity (Wildman–Crippen MR) is 118 cm³/mol. The van der Waals surface area contributed by atoms with Crippen LogP contribution in [0, 0.1) is 0 Å². The molecule has 1 aliphatic rings. The number of benzene rings is 3. The molecule has 150 valence electrons. The van der Waals surface area contributed by atoms with Gasteiger partial charge in [0.2, 0.25) is 5.91 Å². The van der Waals surface area contributed by atoms with Crippen LogP contribution < -0.4 is 10.1 Å². The Morgan fingerprint density at radius 3 is 2.55 bits per heavy atom. The number of carbonyl (C=O) groups is 1. The number of aryl methyl sites for hydroxylation is 1. The zero-order chi connectivity index (χ0) is 20.3. The highest BCUT2D eigenvalue weighted by atomic mass is 16.5. The summed E-state index contributed by atoms with van der Waals surface area (Å²) in [5.74, 6) is 1.00. The van der Waals surface area contributed by atoms with Crippen molar-refractivity contribution in [3.63, 3.8) is 0 Å². The van der Waals surface area contributed by atoms with Crippen molar-refractivity contribution < 1.29 is 9.53 Å². The van der Waals surface area contributed by atoms with E-state index in [2.05, 4.69) is 67.7 Å². The maximum Gasteiger partial charge on any atom is 0.220 e. The van der Waals surface area contributed by atoms with E-state index in [9.17, 15) is 4.79 Å². The van der Waals surface area contributed by atoms with Gasteiger partial charge in [0.05, 0.1) is 6.04 Å². The summed E-state index contributed by atoms with van der Waals surface area (Å²) in [4.78, 5) is 12.9. The first-order valence-electron chi connectivity index (χ1n) is 10.7. The van der Waals surface area contributed by atoms with Gasteiger partial charge in [-0.05, 0) is 41.7 Å². The van der Waals surface area contributed by atoms with Gasteiger partial charge in [0, 0.05) is 18.4 Å². The standard InChI is InChI=1S/C26H29NO2/c1-3-26(4-2)18-23(22-14-7-8-15-24(22)29-26)27-25(28)17-16-20-12-9-11-19-10-5-6-13-21(19)20/h5-15,23H,3-4,16-18H2,1-2H3,(H,27,28)/t23-/m1/s1. The maximum atomic E-state index is 12.9. The van der Waals surface area contributed by atoms with Gasteiger partial charge in [-0.25, -0.2) is 0 Å². The lowest BCUT2D eigenvalue weighted by Crippen LogP contribution is -2.44. The number of rotatable bonds is 6. The number of hydrogen-bond donors (Lipinski definition) is 1. The minimum atomic E-state index is -0.206. The molecular weight excluding hydrogens is 358 g/mol. The van der Waals surface area contributed by atoms with Gasteiger partial charge in [-0.3, -0.25) is 4.79 Å². The molecular formula is C26H29NO2. The minimum absolute atomic E-state index is 0.000123. The van der Waals surface area contributed by atoms with E-state index < -0.39 is 0 Å². The molecule has 1 N–H and O–H groups in total. The summed E-state index contributed by atoms with van der Waals surface area (Å²) < 4.78 is 6.36. The summed E-state index contributed by atoms with van der Waals surface area (Å²) in [7, 11) is 0. The molecule has 29 heavy (non-hydrogen) atoms. The Balaban J connectivity index is 1.49. The number of amides is 1. The van der Waals surface area contributed by atoms with Crippen molar-refractivity contribution in [1.29, 1.82) is 0 Å². The van der Waals surface area contributed by atoms with Gasteiger partial charge < -0.3 is 10.1 Å². The normalized spacial score (nSPS) is 17.4. The van der Waals surface area contributed by atoms with Gasteiger partial charge in [-0.1, -0.05) is 74.5 Å². The fraction of sp³-hybridized carbons (Fsp3) is 0.346. The number of nitrogens with one attached hydrogen (secondary N) is 1. The van der Waals surface area contributed by atoms with E-state index in [0.29, 0.717) is 6.42 Å². The summed E-state index contributed by atoms with van der Waals surface area (Å²) in [6.45, 7) is 4.33. The zero-order valence-electron chi connectivity index (χ0n) is 17.3. The van der Waals surface area contributed by atoms with Crippen LogP contribution >= 0.6 is 0 Å². The molecule has 1 aliphatic heterocycles. The third-order valence-corrected chi connectivity index (χ3v) is 6.32. The Bertz CT molecular complexity index is 1000. The van der Waals surface area contributed by atoms with Crippen molar-refractivity contribution in [3.8, 4) is 5.75 Å². The van der Waals surface area contributed by atoms with E-state index in [1.807, 2.05) is 18.2 Å². The SMILES string of the molecule is CCC1(CC)C[C@@H](NC(=O)CCc2cccc3ccccc23)c2ccccc2O1. The number of carbonyl (C=O) groups excluding carboxylic acids is 1. The Kier molecular flexibility index (Phi) is 5.57. The molecule has 0 saturated heterocycles. The zero-order valence-corrected chi connectivity index (χ0v) is 17.3. The van der Waals surface area contributed by atoms with Gasteiger partial charge in [0.25, 0.3) is 0 Å². The van der Waals surface area contributed by atoms with Crippen molar-refractivity contribution in [2.75, 3.05) is 0 Å². The second-order valence-corrected chi connectivity index (χ2v) is 7.99. The Morgan fingerprint density at radius 2 is 1.72 bits per heavy atom. The average molecular weight is 388 g/mol. The van der Waals surface area contributed by atoms with Crippen molar-refractivity contribution in [2.24, 2.45) is 0 Å². The van der Waals surface area contributed by atoms with Gasteiger partial charge in [-0.2, -0.15) is 0 Å². The Morgan fingerprint density at radius 1 is 1.00 bits per heavy atom. The van der Waals surface area contributed by atoms with Gasteiger partial charge in [0.1, 0.15) is 11.4 Å². The van der Waals surface area contributed by atoms with E-state index >= 15 is 0 Å². The fourth-order valence-corrected chi connectivity index (χ4v) is 4.46. The molecule has 3 aromatic carbocycles. The monoisotopic (exact) mass is 387 g/mol. The van der Waals surface area contributed by atoms with Crippen LogP contribution in [-0.2, 0) is 11.2 Å². The first-order chi connectivity index (χ1) is 14.1. The summed E-state index contributed by atoms with van der Waals surface area (Å²) >= 11 is 0. The highest BCUT2D eigenvalue weighted by molar-refractivity contribution is 5.86. The lowest BCUT2D eigenvalue weighted by molar-refractivity contribution is -0.122. The molecule has 0 unspecified atom stereocenters. The van der Waals surface area contributed by atoms with E-state index in [4.69, 9.17) is 4.74 Å². The summed E-state index contributed by atoms with van der Waals surface area (Å²) in [5, 5.41) is 5.75. The number of fused-ring (bicyclic) bond motifs is 2. The third-order valence-electron chi connectivity index (χ3n) is 6.32. The van der Waals surface area contributed by atoms with E-state index in [-0.39, 0.29) is 17.6 Å². The van der Waals surface area contributed by atoms with E-state index in [0.717, 1.165) is 37.0 Å². The van der Waals surface area contributed by atoms with Crippen LogP contribution in [0.1, 0.15) is 56.7 Å². The largest absolute Gasteiger partial charge is 0.487 e. The second kappa shape index (κ2) is 8.28. The van der Waals surface area contributed by atoms with Crippen LogP contribution in [-0.4, -0.2) is 11.5 Å². The molecule has 0 bridgehead atoms. The van der Waals surface area contributed by atoms with Crippen molar-refractivity contribution >= 4 is 16.7 Å². The van der Waals surface area contributed by atoms with Crippen LogP contribution in [0.15, 0.2) is 66.7 Å². The molecule has 0 fully saturated rings. The molecule has 0 aliphatic carbocycles. The average Bonchev–Trinajstić information content (AvgIpc) is 2.77. The first kappa shape index (κ1) is 19.5. The first-order valence-corrected chi connectivity index (χ1v) is 10.7. The molecule has 1 amide bonds. The van der Waals surface area contributed by atoms with Gasteiger partial charge in [-0.15, -0.1) is 0 Å². The molecule has 0 spiro atoms. The van der Waals surface area contributed by atoms with Crippen LogP contribution in [0.2, 0.25) is 0 Å². The molecule has 1 atom stereocenters. The van der Waals surface area contributed by atoms with E-state index in [1.165, 1.54) is 16.3 Å². The molecule has 3 aromatic rings. The Labute approximate surface area is 173 Å². The molecule has 3 heteroatoms. The number of hydrogen-bond acceptors (Lipinski definition) is 2. The topological polar surface area (TPSA) is 38.3 Å².